The number of fused-ring (bicyclic) bond motifs is 1. The lowest BCUT2D eigenvalue weighted by Gasteiger charge is -2.31. The quantitative estimate of drug-likeness (QED) is 0.675. The first-order valence-corrected chi connectivity index (χ1v) is 10.4. The van der Waals surface area contributed by atoms with E-state index in [0.29, 0.717) is 12.1 Å². The fourth-order valence-corrected chi connectivity index (χ4v) is 4.05. The molecule has 2 aliphatic heterocycles. The fourth-order valence-electron chi connectivity index (χ4n) is 4.05. The first-order valence-electron chi connectivity index (χ1n) is 10.4. The van der Waals surface area contributed by atoms with Crippen molar-refractivity contribution in [2.24, 2.45) is 5.73 Å². The van der Waals surface area contributed by atoms with Crippen LogP contribution in [0.3, 0.4) is 0 Å². The molecule has 1 aromatic rings. The smallest absolute Gasteiger partial charge is 0.306 e. The van der Waals surface area contributed by atoms with Crippen LogP contribution in [0.1, 0.15) is 61.1 Å². The van der Waals surface area contributed by atoms with Crippen LogP contribution in [0, 0.1) is 0 Å². The lowest BCUT2D eigenvalue weighted by molar-refractivity contribution is -0.155. The van der Waals surface area contributed by atoms with Gasteiger partial charge >= 0.3 is 5.97 Å². The zero-order valence-electron chi connectivity index (χ0n) is 18.2. The lowest BCUT2D eigenvalue weighted by Crippen LogP contribution is -2.45. The van der Waals surface area contributed by atoms with Crippen LogP contribution in [0.2, 0.25) is 0 Å². The number of ether oxygens (including phenoxy) is 1. The van der Waals surface area contributed by atoms with Gasteiger partial charge in [0, 0.05) is 44.2 Å². The molecule has 0 radical (unpaired) electrons. The second-order valence-electron chi connectivity index (χ2n) is 9.16. The number of nitrogens with two attached hydrogens (primary N) is 1. The predicted octanol–water partition coefficient (Wildman–Crippen LogP) is 1.19. The number of nitrogens with zero attached hydrogens (tertiary/aromatic N) is 2. The maximum Gasteiger partial charge on any atom is 0.306 e. The summed E-state index contributed by atoms with van der Waals surface area (Å²) in [5.41, 5.74) is 7.59. The number of esters is 1. The first kappa shape index (κ1) is 22.2. The molecule has 0 bridgehead atoms. The van der Waals surface area contributed by atoms with Crippen LogP contribution >= 0.6 is 0 Å². The van der Waals surface area contributed by atoms with Crippen molar-refractivity contribution in [1.82, 2.24) is 15.1 Å². The molecule has 1 aromatic carbocycles. The Hall–Kier alpha value is -2.45. The molecular weight excluding hydrogens is 384 g/mol. The van der Waals surface area contributed by atoms with Gasteiger partial charge in [-0.05, 0) is 51.4 Å². The maximum atomic E-state index is 12.9. The molecule has 3 rings (SSSR count). The standard InChI is InChI=1S/C22H32N4O4/c1-22(2,3)30-19(27)8-7-18(20(23)28)26-12-15-11-14(5-6-16(15)21(26)29)17-13-25(4)10-9-24-17/h5-6,11,17-18,24H,7-10,12-13H2,1-4H3,(H2,23,28). The van der Waals surface area contributed by atoms with E-state index in [1.807, 2.05) is 18.2 Å². The zero-order chi connectivity index (χ0) is 22.1. The fraction of sp³-hybridized carbons (Fsp3) is 0.591. The Kier molecular flexibility index (Phi) is 6.47. The molecule has 2 unspecified atom stereocenters. The number of hydrogen-bond donors (Lipinski definition) is 2. The molecule has 2 aliphatic rings. The zero-order valence-corrected chi connectivity index (χ0v) is 18.2. The van der Waals surface area contributed by atoms with Crippen LogP contribution < -0.4 is 11.1 Å². The Bertz CT molecular complexity index is 833. The second kappa shape index (κ2) is 8.73. The Morgan fingerprint density at radius 2 is 2.07 bits per heavy atom. The van der Waals surface area contributed by atoms with Crippen molar-refractivity contribution in [3.05, 3.63) is 34.9 Å². The highest BCUT2D eigenvalue weighted by Gasteiger charge is 2.36. The summed E-state index contributed by atoms with van der Waals surface area (Å²) in [5, 5.41) is 3.51. The van der Waals surface area contributed by atoms with Gasteiger partial charge in [-0.15, -0.1) is 0 Å². The lowest BCUT2D eigenvalue weighted by atomic mass is 9.99. The monoisotopic (exact) mass is 416 g/mol. The number of primary amides is 1. The van der Waals surface area contributed by atoms with Crippen molar-refractivity contribution in [3.8, 4) is 0 Å². The van der Waals surface area contributed by atoms with Gasteiger partial charge in [-0.25, -0.2) is 0 Å². The molecule has 0 saturated carbocycles. The van der Waals surface area contributed by atoms with E-state index in [9.17, 15) is 14.4 Å². The van der Waals surface area contributed by atoms with Crippen LogP contribution in [-0.2, 0) is 20.9 Å². The van der Waals surface area contributed by atoms with Crippen molar-refractivity contribution in [2.75, 3.05) is 26.7 Å². The van der Waals surface area contributed by atoms with Crippen LogP contribution in [-0.4, -0.2) is 65.9 Å². The molecule has 2 amide bonds. The average Bonchev–Trinajstić information content (AvgIpc) is 2.96. The molecule has 1 fully saturated rings. The Morgan fingerprint density at radius 3 is 2.70 bits per heavy atom. The van der Waals surface area contributed by atoms with E-state index in [0.717, 1.165) is 30.8 Å². The molecule has 0 spiro atoms. The number of amides is 2. The molecule has 8 heteroatoms. The summed E-state index contributed by atoms with van der Waals surface area (Å²) in [6.45, 7) is 8.49. The molecule has 0 aliphatic carbocycles. The summed E-state index contributed by atoms with van der Waals surface area (Å²) in [5.74, 6) is -1.25. The molecular formula is C22H32N4O4. The van der Waals surface area contributed by atoms with Gasteiger partial charge in [-0.1, -0.05) is 12.1 Å². The van der Waals surface area contributed by atoms with E-state index in [1.54, 1.807) is 20.8 Å². The largest absolute Gasteiger partial charge is 0.460 e. The molecule has 30 heavy (non-hydrogen) atoms. The second-order valence-corrected chi connectivity index (χ2v) is 9.16. The van der Waals surface area contributed by atoms with Gasteiger partial charge in [0.1, 0.15) is 11.6 Å². The maximum absolute atomic E-state index is 12.9. The molecule has 3 N–H and O–H groups in total. The molecule has 0 aromatic heterocycles. The normalized spacial score (nSPS) is 20.7. The number of nitrogens with one attached hydrogen (secondary N) is 1. The highest BCUT2D eigenvalue weighted by atomic mass is 16.6. The Labute approximate surface area is 177 Å². The van der Waals surface area contributed by atoms with E-state index in [1.165, 1.54) is 4.90 Å². The molecule has 1 saturated heterocycles. The SMILES string of the molecule is CN1CCNC(c2ccc3c(c2)CN(C(CCC(=O)OC(C)(C)C)C(N)=O)C3=O)C1. The summed E-state index contributed by atoms with van der Waals surface area (Å²) in [6, 6.07) is 5.19. The van der Waals surface area contributed by atoms with Gasteiger partial charge < -0.3 is 25.6 Å². The molecule has 2 atom stereocenters. The highest BCUT2D eigenvalue weighted by molar-refractivity contribution is 6.01. The van der Waals surface area contributed by atoms with E-state index in [4.69, 9.17) is 10.5 Å². The summed E-state index contributed by atoms with van der Waals surface area (Å²) in [4.78, 5) is 40.8. The minimum Gasteiger partial charge on any atom is -0.460 e. The van der Waals surface area contributed by atoms with Gasteiger partial charge in [0.2, 0.25) is 5.91 Å². The highest BCUT2D eigenvalue weighted by Crippen LogP contribution is 2.29. The van der Waals surface area contributed by atoms with E-state index in [2.05, 4.69) is 17.3 Å². The van der Waals surface area contributed by atoms with E-state index < -0.39 is 23.5 Å². The number of benzene rings is 1. The van der Waals surface area contributed by atoms with Crippen LogP contribution in [0.4, 0.5) is 0 Å². The molecule has 2 heterocycles. The third-order valence-corrected chi connectivity index (χ3v) is 5.49. The van der Waals surface area contributed by atoms with Crippen molar-refractivity contribution >= 4 is 17.8 Å². The van der Waals surface area contributed by atoms with Crippen molar-refractivity contribution in [3.63, 3.8) is 0 Å². The van der Waals surface area contributed by atoms with Crippen molar-refractivity contribution < 1.29 is 19.1 Å². The number of carbonyl (C=O) groups is 3. The van der Waals surface area contributed by atoms with E-state index in [-0.39, 0.29) is 24.8 Å². The number of carbonyl (C=O) groups excluding carboxylic acids is 3. The van der Waals surface area contributed by atoms with Gasteiger partial charge in [-0.2, -0.15) is 0 Å². The molecule has 164 valence electrons. The minimum absolute atomic E-state index is 0.0224. The van der Waals surface area contributed by atoms with Crippen LogP contribution in [0.15, 0.2) is 18.2 Å². The summed E-state index contributed by atoms with van der Waals surface area (Å²) >= 11 is 0. The Morgan fingerprint density at radius 1 is 1.33 bits per heavy atom. The minimum atomic E-state index is -0.847. The van der Waals surface area contributed by atoms with E-state index >= 15 is 0 Å². The van der Waals surface area contributed by atoms with Crippen molar-refractivity contribution in [2.45, 2.75) is 57.8 Å². The van der Waals surface area contributed by atoms with Gasteiger partial charge in [0.25, 0.3) is 5.91 Å². The number of hydrogen-bond acceptors (Lipinski definition) is 6. The topological polar surface area (TPSA) is 105 Å². The third kappa shape index (κ3) is 5.17. The summed E-state index contributed by atoms with van der Waals surface area (Å²) in [6.07, 6.45) is 0.167. The first-order chi connectivity index (χ1) is 14.0. The predicted molar refractivity (Wildman–Crippen MR) is 113 cm³/mol. The number of likely N-dealkylation sites (N-methyl/N-ethyl adjacent to an activating group) is 1. The van der Waals surface area contributed by atoms with Gasteiger partial charge in [-0.3, -0.25) is 14.4 Å². The van der Waals surface area contributed by atoms with Gasteiger partial charge in [0.15, 0.2) is 0 Å². The summed E-state index contributed by atoms with van der Waals surface area (Å²) < 4.78 is 5.31. The Balaban J connectivity index is 1.71. The number of rotatable bonds is 6. The van der Waals surface area contributed by atoms with Gasteiger partial charge in [0.05, 0.1) is 0 Å². The number of piperazine rings is 1. The third-order valence-electron chi connectivity index (χ3n) is 5.49. The van der Waals surface area contributed by atoms with Crippen LogP contribution in [0.5, 0.6) is 0 Å². The average molecular weight is 417 g/mol. The summed E-state index contributed by atoms with van der Waals surface area (Å²) in [7, 11) is 2.09. The van der Waals surface area contributed by atoms with Crippen molar-refractivity contribution in [1.29, 1.82) is 0 Å². The molecule has 8 nitrogen and oxygen atoms in total. The van der Waals surface area contributed by atoms with Crippen LogP contribution in [0.25, 0.3) is 0 Å².